The smallest absolute Gasteiger partial charge is 0.0725 e. The topological polar surface area (TPSA) is 0 Å². The molecule has 0 N–H and O–H groups in total. The molecule has 0 atom stereocenters. The van der Waals surface area contributed by atoms with Crippen molar-refractivity contribution in [2.24, 2.45) is 0 Å². The molecular weight excluding hydrogens is 645 g/mol. The Balaban J connectivity index is 1.25. The third-order valence-corrected chi connectivity index (χ3v) is 12.6. The molecule has 1 aromatic heterocycles. The van der Waals surface area contributed by atoms with Crippen molar-refractivity contribution in [3.8, 4) is 65.4 Å². The van der Waals surface area contributed by atoms with Crippen LogP contribution >= 0.6 is 11.3 Å². The van der Waals surface area contributed by atoms with Gasteiger partial charge in [-0.2, -0.15) is 0 Å². The third-order valence-electron chi connectivity index (χ3n) is 11.3. The van der Waals surface area contributed by atoms with Crippen LogP contribution in [-0.4, -0.2) is 0 Å². The van der Waals surface area contributed by atoms with E-state index in [4.69, 9.17) is 0 Å². The fraction of sp³-hybridized carbons (Fsp3) is 0.0196. The number of hydrogen-bond donors (Lipinski definition) is 0. The second kappa shape index (κ2) is 11.4. The van der Waals surface area contributed by atoms with Crippen molar-refractivity contribution in [3.63, 3.8) is 0 Å². The van der Waals surface area contributed by atoms with Crippen LogP contribution in [0.2, 0.25) is 0 Å². The minimum Gasteiger partial charge on any atom is -0.134 e. The second-order valence-electron chi connectivity index (χ2n) is 13.9. The molecule has 0 saturated carbocycles. The number of thiophene rings is 1. The molecule has 0 amide bonds. The van der Waals surface area contributed by atoms with Crippen molar-refractivity contribution in [2.75, 3.05) is 0 Å². The van der Waals surface area contributed by atoms with E-state index >= 15 is 0 Å². The molecular formula is C51H32S. The molecule has 0 nitrogen and oxygen atoms in total. The predicted octanol–water partition coefficient (Wildman–Crippen LogP) is 13.9. The molecule has 0 aliphatic heterocycles. The largest absolute Gasteiger partial charge is 0.134 e. The molecule has 9 aromatic rings. The average Bonchev–Trinajstić information content (AvgIpc) is 3.85. The molecule has 0 unspecified atom stereocenters. The van der Waals surface area contributed by atoms with Gasteiger partial charge in [0.25, 0.3) is 0 Å². The Morgan fingerprint density at radius 2 is 0.673 bits per heavy atom. The molecule has 2 aliphatic rings. The van der Waals surface area contributed by atoms with Crippen molar-refractivity contribution in [2.45, 2.75) is 5.41 Å². The highest BCUT2D eigenvalue weighted by Crippen LogP contribution is 2.64. The van der Waals surface area contributed by atoms with Gasteiger partial charge in [-0.25, -0.2) is 0 Å². The summed E-state index contributed by atoms with van der Waals surface area (Å²) < 4.78 is 0. The zero-order valence-corrected chi connectivity index (χ0v) is 29.2. The Bertz CT molecular complexity index is 2790. The average molecular weight is 677 g/mol. The van der Waals surface area contributed by atoms with Crippen LogP contribution in [-0.2, 0) is 5.41 Å². The lowest BCUT2D eigenvalue weighted by Gasteiger charge is -2.31. The normalized spacial score (nSPS) is 13.2. The van der Waals surface area contributed by atoms with Gasteiger partial charge in [0.15, 0.2) is 0 Å². The number of benzene rings is 8. The SMILES string of the molecule is c1ccc(-c2ccccc2-c2sc(-c3cc4c(cc3-c3ccccc3)-c3ccccc3C43c4ccccc4-c4ccccc43)c3ccccc23)cc1. The first-order valence-electron chi connectivity index (χ1n) is 18.0. The van der Waals surface area contributed by atoms with Crippen molar-refractivity contribution < 1.29 is 0 Å². The van der Waals surface area contributed by atoms with Crippen LogP contribution < -0.4 is 0 Å². The minimum atomic E-state index is -0.404. The summed E-state index contributed by atoms with van der Waals surface area (Å²) in [7, 11) is 0. The van der Waals surface area contributed by atoms with Gasteiger partial charge in [0.1, 0.15) is 0 Å². The molecule has 2 aliphatic carbocycles. The second-order valence-corrected chi connectivity index (χ2v) is 14.9. The fourth-order valence-corrected chi connectivity index (χ4v) is 10.6. The Morgan fingerprint density at radius 3 is 1.23 bits per heavy atom. The first-order valence-corrected chi connectivity index (χ1v) is 18.8. The van der Waals surface area contributed by atoms with E-state index in [1.165, 1.54) is 98.4 Å². The molecule has 1 heteroatoms. The van der Waals surface area contributed by atoms with E-state index in [0.29, 0.717) is 0 Å². The summed E-state index contributed by atoms with van der Waals surface area (Å²) in [5.41, 5.74) is 17.9. The van der Waals surface area contributed by atoms with Gasteiger partial charge in [0, 0.05) is 31.7 Å². The van der Waals surface area contributed by atoms with Crippen molar-refractivity contribution >= 4 is 22.1 Å². The zero-order valence-electron chi connectivity index (χ0n) is 28.4. The molecule has 52 heavy (non-hydrogen) atoms. The molecule has 8 aromatic carbocycles. The molecule has 0 saturated heterocycles. The maximum atomic E-state index is 2.57. The van der Waals surface area contributed by atoms with Gasteiger partial charge < -0.3 is 0 Å². The van der Waals surface area contributed by atoms with Gasteiger partial charge in [0.05, 0.1) is 5.41 Å². The van der Waals surface area contributed by atoms with Crippen LogP contribution in [0.15, 0.2) is 194 Å². The van der Waals surface area contributed by atoms with Crippen LogP contribution in [0.1, 0.15) is 22.3 Å². The number of hydrogen-bond acceptors (Lipinski definition) is 1. The van der Waals surface area contributed by atoms with E-state index in [0.717, 1.165) is 0 Å². The summed E-state index contributed by atoms with van der Waals surface area (Å²) in [6, 6.07) is 72.1. The summed E-state index contributed by atoms with van der Waals surface area (Å²) in [6.07, 6.45) is 0. The van der Waals surface area contributed by atoms with Crippen molar-refractivity contribution in [1.82, 2.24) is 0 Å². The molecule has 242 valence electrons. The first-order chi connectivity index (χ1) is 25.8. The van der Waals surface area contributed by atoms with Crippen molar-refractivity contribution in [3.05, 3.63) is 216 Å². The van der Waals surface area contributed by atoms with Gasteiger partial charge in [-0.1, -0.05) is 182 Å². The van der Waals surface area contributed by atoms with Crippen LogP contribution in [0, 0.1) is 0 Å². The minimum absolute atomic E-state index is 0.404. The van der Waals surface area contributed by atoms with E-state index in [9.17, 15) is 0 Å². The van der Waals surface area contributed by atoms with Gasteiger partial charge in [-0.05, 0) is 78.9 Å². The van der Waals surface area contributed by atoms with E-state index in [2.05, 4.69) is 194 Å². The van der Waals surface area contributed by atoms with Gasteiger partial charge in [-0.3, -0.25) is 0 Å². The van der Waals surface area contributed by atoms with Crippen molar-refractivity contribution in [1.29, 1.82) is 0 Å². The fourth-order valence-electron chi connectivity index (χ4n) is 9.22. The summed E-state index contributed by atoms with van der Waals surface area (Å²) in [6.45, 7) is 0. The Labute approximate surface area is 308 Å². The molecule has 1 heterocycles. The molecule has 1 spiro atoms. The Hall–Kier alpha value is -6.28. The monoisotopic (exact) mass is 676 g/mol. The maximum Gasteiger partial charge on any atom is 0.0725 e. The maximum absolute atomic E-state index is 2.57. The Morgan fingerprint density at radius 1 is 0.269 bits per heavy atom. The molecule has 0 bridgehead atoms. The van der Waals surface area contributed by atoms with Gasteiger partial charge >= 0.3 is 0 Å². The number of rotatable bonds is 4. The highest BCUT2D eigenvalue weighted by atomic mass is 32.1. The van der Waals surface area contributed by atoms with Crippen LogP contribution in [0.4, 0.5) is 0 Å². The van der Waals surface area contributed by atoms with Crippen LogP contribution in [0.5, 0.6) is 0 Å². The standard InChI is InChI=1S/C51H32S/c1-3-17-33(18-4-1)35-21-7-8-25-39(35)49-40-26-9-10-27-41(40)50(52-49)44-32-48-43(31-42(44)34-19-5-2-6-20-34)38-24-13-16-30-47(38)51(48)45-28-14-11-22-36(45)37-23-12-15-29-46(37)51/h1-32H. The summed E-state index contributed by atoms with van der Waals surface area (Å²) in [5, 5.41) is 2.58. The van der Waals surface area contributed by atoms with E-state index < -0.39 is 5.41 Å². The first kappa shape index (κ1) is 29.5. The summed E-state index contributed by atoms with van der Waals surface area (Å²) >= 11 is 1.93. The van der Waals surface area contributed by atoms with Crippen LogP contribution in [0.3, 0.4) is 0 Å². The Kier molecular flexibility index (Phi) is 6.44. The van der Waals surface area contributed by atoms with E-state index in [-0.39, 0.29) is 0 Å². The van der Waals surface area contributed by atoms with Crippen LogP contribution in [0.25, 0.3) is 76.2 Å². The van der Waals surface area contributed by atoms with Gasteiger partial charge in [-0.15, -0.1) is 11.3 Å². The zero-order chi connectivity index (χ0) is 34.2. The molecule has 0 fully saturated rings. The summed E-state index contributed by atoms with van der Waals surface area (Å²) in [4.78, 5) is 2.61. The molecule has 0 radical (unpaired) electrons. The van der Waals surface area contributed by atoms with E-state index in [1.807, 2.05) is 11.3 Å². The molecule has 11 rings (SSSR count). The predicted molar refractivity (Wildman–Crippen MR) is 220 cm³/mol. The third kappa shape index (κ3) is 4.03. The highest BCUT2D eigenvalue weighted by Gasteiger charge is 2.51. The lowest BCUT2D eigenvalue weighted by molar-refractivity contribution is 0.794. The lowest BCUT2D eigenvalue weighted by Crippen LogP contribution is -2.25. The quantitative estimate of drug-likeness (QED) is 0.174. The highest BCUT2D eigenvalue weighted by molar-refractivity contribution is 7.21. The van der Waals surface area contributed by atoms with E-state index in [1.54, 1.807) is 0 Å². The lowest BCUT2D eigenvalue weighted by atomic mass is 9.70. The number of fused-ring (bicyclic) bond motifs is 11. The summed E-state index contributed by atoms with van der Waals surface area (Å²) in [5.74, 6) is 0. The van der Waals surface area contributed by atoms with Gasteiger partial charge in [0.2, 0.25) is 0 Å².